The minimum Gasteiger partial charge on any atom is -0.380 e. The Balaban J connectivity index is 2.22. The number of hydrogen-bond acceptors (Lipinski definition) is 3. The fraction of sp³-hybridized carbons (Fsp3) is 0.533. The summed E-state index contributed by atoms with van der Waals surface area (Å²) in [7, 11) is 1.68. The van der Waals surface area contributed by atoms with Gasteiger partial charge in [-0.2, -0.15) is 0 Å². The third-order valence-corrected chi connectivity index (χ3v) is 3.47. The second-order valence-electron chi connectivity index (χ2n) is 4.80. The number of para-hydroxylation sites is 1. The largest absolute Gasteiger partial charge is 0.380 e. The van der Waals surface area contributed by atoms with Crippen molar-refractivity contribution in [2.45, 2.75) is 32.4 Å². The van der Waals surface area contributed by atoms with E-state index in [0.717, 1.165) is 37.2 Å². The molecule has 1 aromatic carbocycles. The molecule has 1 saturated heterocycles. The Morgan fingerprint density at radius 1 is 1.42 bits per heavy atom. The fourth-order valence-electron chi connectivity index (χ4n) is 2.60. The summed E-state index contributed by atoms with van der Waals surface area (Å²) in [4.78, 5) is 14.4. The van der Waals surface area contributed by atoms with E-state index < -0.39 is 0 Å². The van der Waals surface area contributed by atoms with E-state index >= 15 is 0 Å². The van der Waals surface area contributed by atoms with Crippen LogP contribution in [0, 0.1) is 0 Å². The monoisotopic (exact) mass is 262 g/mol. The molecule has 0 saturated carbocycles. The molecule has 2 rings (SSSR count). The molecule has 1 aromatic rings. The predicted molar refractivity (Wildman–Crippen MR) is 76.2 cm³/mol. The Morgan fingerprint density at radius 3 is 2.95 bits per heavy atom. The van der Waals surface area contributed by atoms with E-state index in [0.29, 0.717) is 6.61 Å². The van der Waals surface area contributed by atoms with Gasteiger partial charge in [0.25, 0.3) is 0 Å². The lowest BCUT2D eigenvalue weighted by atomic mass is 10.0. The van der Waals surface area contributed by atoms with Crippen molar-refractivity contribution >= 4 is 11.6 Å². The summed E-state index contributed by atoms with van der Waals surface area (Å²) in [5.74, 6) is 0.177. The normalized spacial score (nSPS) is 19.8. The number of methoxy groups -OCH3 is 1. The predicted octanol–water partition coefficient (Wildman–Crippen LogP) is 1.94. The summed E-state index contributed by atoms with van der Waals surface area (Å²) in [6.45, 7) is 4.18. The molecule has 104 valence electrons. The third-order valence-electron chi connectivity index (χ3n) is 3.47. The first kappa shape index (κ1) is 14.0. The lowest BCUT2D eigenvalue weighted by molar-refractivity contribution is -0.121. The van der Waals surface area contributed by atoms with E-state index in [9.17, 15) is 4.79 Å². The quantitative estimate of drug-likeness (QED) is 0.881. The maximum absolute atomic E-state index is 12.5. The SMILES string of the molecule is CCNC1CCCN(c2ccccc2COC)C1=O. The number of nitrogens with one attached hydrogen (secondary N) is 1. The van der Waals surface area contributed by atoms with Gasteiger partial charge in [0.2, 0.25) is 5.91 Å². The molecular formula is C15H22N2O2. The van der Waals surface area contributed by atoms with Crippen molar-refractivity contribution in [1.29, 1.82) is 0 Å². The topological polar surface area (TPSA) is 41.6 Å². The molecule has 0 bridgehead atoms. The van der Waals surface area contributed by atoms with Crippen LogP contribution in [0.2, 0.25) is 0 Å². The number of benzene rings is 1. The number of anilines is 1. The molecule has 0 aliphatic carbocycles. The van der Waals surface area contributed by atoms with Crippen LogP contribution < -0.4 is 10.2 Å². The second kappa shape index (κ2) is 6.68. The first-order chi connectivity index (χ1) is 9.27. The van der Waals surface area contributed by atoms with Gasteiger partial charge in [0.05, 0.1) is 12.6 Å². The summed E-state index contributed by atoms with van der Waals surface area (Å²) in [6.07, 6.45) is 1.96. The van der Waals surface area contributed by atoms with Crippen LogP contribution in [0.5, 0.6) is 0 Å². The number of likely N-dealkylation sites (N-methyl/N-ethyl adjacent to an activating group) is 1. The van der Waals surface area contributed by atoms with Crippen LogP contribution in [0.4, 0.5) is 5.69 Å². The lowest BCUT2D eigenvalue weighted by Gasteiger charge is -2.33. The van der Waals surface area contributed by atoms with Gasteiger partial charge in [0.1, 0.15) is 0 Å². The zero-order valence-corrected chi connectivity index (χ0v) is 11.7. The number of rotatable bonds is 5. The number of ether oxygens (including phenoxy) is 1. The highest BCUT2D eigenvalue weighted by molar-refractivity contribution is 5.98. The van der Waals surface area contributed by atoms with E-state index in [1.165, 1.54) is 0 Å². The van der Waals surface area contributed by atoms with Gasteiger partial charge in [-0.25, -0.2) is 0 Å². The van der Waals surface area contributed by atoms with Crippen LogP contribution in [-0.4, -0.2) is 32.1 Å². The molecule has 1 amide bonds. The highest BCUT2D eigenvalue weighted by Crippen LogP contribution is 2.25. The highest BCUT2D eigenvalue weighted by atomic mass is 16.5. The molecule has 19 heavy (non-hydrogen) atoms. The van der Waals surface area contributed by atoms with Crippen LogP contribution in [-0.2, 0) is 16.1 Å². The van der Waals surface area contributed by atoms with Crippen LogP contribution in [0.3, 0.4) is 0 Å². The third kappa shape index (κ3) is 3.14. The van der Waals surface area contributed by atoms with Crippen molar-refractivity contribution in [2.24, 2.45) is 0 Å². The average Bonchev–Trinajstić information content (AvgIpc) is 2.43. The molecule has 1 fully saturated rings. The number of piperidine rings is 1. The number of nitrogens with zero attached hydrogens (tertiary/aromatic N) is 1. The molecule has 1 unspecified atom stereocenters. The molecule has 1 atom stereocenters. The number of carbonyl (C=O) groups is 1. The van der Waals surface area contributed by atoms with Crippen molar-refractivity contribution < 1.29 is 9.53 Å². The Kier molecular flexibility index (Phi) is 4.93. The molecule has 4 heteroatoms. The molecule has 0 spiro atoms. The highest BCUT2D eigenvalue weighted by Gasteiger charge is 2.29. The Labute approximate surface area is 114 Å². The van der Waals surface area contributed by atoms with E-state index in [4.69, 9.17) is 4.74 Å². The summed E-state index contributed by atoms with van der Waals surface area (Å²) in [6, 6.07) is 7.92. The van der Waals surface area contributed by atoms with Crippen molar-refractivity contribution in [3.8, 4) is 0 Å². The summed E-state index contributed by atoms with van der Waals surface area (Å²) in [5.41, 5.74) is 2.05. The minimum absolute atomic E-state index is 0.0469. The summed E-state index contributed by atoms with van der Waals surface area (Å²) < 4.78 is 5.22. The van der Waals surface area contributed by atoms with Crippen LogP contribution in [0.25, 0.3) is 0 Å². The average molecular weight is 262 g/mol. The van der Waals surface area contributed by atoms with Crippen molar-refractivity contribution in [2.75, 3.05) is 25.1 Å². The maximum atomic E-state index is 12.5. The van der Waals surface area contributed by atoms with Crippen LogP contribution >= 0.6 is 0 Å². The zero-order chi connectivity index (χ0) is 13.7. The van der Waals surface area contributed by atoms with Crippen molar-refractivity contribution in [3.63, 3.8) is 0 Å². The maximum Gasteiger partial charge on any atom is 0.244 e. The smallest absolute Gasteiger partial charge is 0.244 e. The molecule has 1 N–H and O–H groups in total. The number of amides is 1. The lowest BCUT2D eigenvalue weighted by Crippen LogP contribution is -2.51. The van der Waals surface area contributed by atoms with Crippen LogP contribution in [0.1, 0.15) is 25.3 Å². The first-order valence-electron chi connectivity index (χ1n) is 6.89. The Hall–Kier alpha value is -1.39. The standard InChI is InChI=1S/C15H22N2O2/c1-3-16-13-8-6-10-17(15(13)18)14-9-5-4-7-12(14)11-19-2/h4-5,7,9,13,16H,3,6,8,10-11H2,1-2H3. The van der Waals surface area contributed by atoms with Gasteiger partial charge in [0.15, 0.2) is 0 Å². The fourth-order valence-corrected chi connectivity index (χ4v) is 2.60. The minimum atomic E-state index is -0.0469. The van der Waals surface area contributed by atoms with Crippen molar-refractivity contribution in [1.82, 2.24) is 5.32 Å². The molecule has 1 aliphatic heterocycles. The Morgan fingerprint density at radius 2 is 2.21 bits per heavy atom. The van der Waals surface area contributed by atoms with Crippen LogP contribution in [0.15, 0.2) is 24.3 Å². The molecule has 1 aliphatic rings. The number of carbonyl (C=O) groups excluding carboxylic acids is 1. The molecular weight excluding hydrogens is 240 g/mol. The van der Waals surface area contributed by atoms with Crippen molar-refractivity contribution in [3.05, 3.63) is 29.8 Å². The van der Waals surface area contributed by atoms with Gasteiger partial charge < -0.3 is 15.0 Å². The van der Waals surface area contributed by atoms with Gasteiger partial charge in [0, 0.05) is 24.9 Å². The molecule has 0 radical (unpaired) electrons. The van der Waals surface area contributed by atoms with Gasteiger partial charge >= 0.3 is 0 Å². The van der Waals surface area contributed by atoms with Gasteiger partial charge in [-0.3, -0.25) is 4.79 Å². The summed E-state index contributed by atoms with van der Waals surface area (Å²) >= 11 is 0. The molecule has 0 aromatic heterocycles. The Bertz CT molecular complexity index is 432. The van der Waals surface area contributed by atoms with E-state index in [1.54, 1.807) is 7.11 Å². The number of hydrogen-bond donors (Lipinski definition) is 1. The second-order valence-corrected chi connectivity index (χ2v) is 4.80. The van der Waals surface area contributed by atoms with E-state index in [2.05, 4.69) is 5.32 Å². The van der Waals surface area contributed by atoms with Gasteiger partial charge in [-0.15, -0.1) is 0 Å². The zero-order valence-electron chi connectivity index (χ0n) is 11.7. The molecule has 4 nitrogen and oxygen atoms in total. The molecule has 1 heterocycles. The summed E-state index contributed by atoms with van der Waals surface area (Å²) in [5, 5.41) is 3.26. The first-order valence-corrected chi connectivity index (χ1v) is 6.89. The van der Waals surface area contributed by atoms with E-state index in [1.807, 2.05) is 36.1 Å². The van der Waals surface area contributed by atoms with E-state index in [-0.39, 0.29) is 11.9 Å². The van der Waals surface area contributed by atoms with Gasteiger partial charge in [-0.1, -0.05) is 25.1 Å². The van der Waals surface area contributed by atoms with Gasteiger partial charge in [-0.05, 0) is 25.5 Å².